The van der Waals surface area contributed by atoms with Crippen LogP contribution in [0.4, 0.5) is 0 Å². The number of carbonyl (C=O) groups is 2. The molecule has 0 aromatic heterocycles. The molecule has 0 radical (unpaired) electrons. The summed E-state index contributed by atoms with van der Waals surface area (Å²) in [5.41, 5.74) is 0.321. The van der Waals surface area contributed by atoms with Gasteiger partial charge in [0, 0.05) is 11.8 Å². The number of Topliss-reactive ketones (excluding diaryl/α,β-unsaturated/α-hetero) is 1. The predicted molar refractivity (Wildman–Crippen MR) is 56.0 cm³/mol. The third-order valence-electron chi connectivity index (χ3n) is 3.36. The van der Waals surface area contributed by atoms with Gasteiger partial charge >= 0.3 is 0 Å². The van der Waals surface area contributed by atoms with Crippen molar-refractivity contribution in [2.45, 2.75) is 46.5 Å². The van der Waals surface area contributed by atoms with Crippen molar-refractivity contribution >= 4 is 11.6 Å². The molecule has 78 valence electrons. The number of carbonyl (C=O) groups excluding carboxylic acids is 2. The average molecular weight is 194 g/mol. The highest BCUT2D eigenvalue weighted by Crippen LogP contribution is 2.38. The van der Waals surface area contributed by atoms with Crippen molar-refractivity contribution in [2.24, 2.45) is 5.41 Å². The molecular weight excluding hydrogens is 176 g/mol. The molecule has 0 aliphatic heterocycles. The molecule has 0 unspecified atom stereocenters. The maximum Gasteiger partial charge on any atom is 0.165 e. The minimum absolute atomic E-state index is 0.116. The first-order valence-electron chi connectivity index (χ1n) is 5.37. The Morgan fingerprint density at radius 2 is 1.79 bits per heavy atom. The van der Waals surface area contributed by atoms with Crippen LogP contribution in [-0.2, 0) is 9.59 Å². The lowest BCUT2D eigenvalue weighted by atomic mass is 9.68. The van der Waals surface area contributed by atoms with Gasteiger partial charge in [-0.25, -0.2) is 0 Å². The van der Waals surface area contributed by atoms with Gasteiger partial charge in [0.2, 0.25) is 0 Å². The molecule has 0 fully saturated rings. The summed E-state index contributed by atoms with van der Waals surface area (Å²) in [6.45, 7) is 5.92. The summed E-state index contributed by atoms with van der Waals surface area (Å²) in [6, 6.07) is 0. The molecule has 0 aromatic rings. The molecule has 0 amide bonds. The van der Waals surface area contributed by atoms with Crippen LogP contribution in [0.25, 0.3) is 0 Å². The van der Waals surface area contributed by atoms with E-state index in [0.717, 1.165) is 12.8 Å². The van der Waals surface area contributed by atoms with Gasteiger partial charge in [0.1, 0.15) is 0 Å². The van der Waals surface area contributed by atoms with Crippen LogP contribution in [0.2, 0.25) is 0 Å². The van der Waals surface area contributed by atoms with E-state index < -0.39 is 5.41 Å². The Morgan fingerprint density at radius 1 is 1.21 bits per heavy atom. The molecule has 0 bridgehead atoms. The maximum atomic E-state index is 12.1. The Kier molecular flexibility index (Phi) is 3.25. The summed E-state index contributed by atoms with van der Waals surface area (Å²) in [7, 11) is 0. The van der Waals surface area contributed by atoms with Crippen LogP contribution in [0, 0.1) is 5.41 Å². The Bertz CT molecular complexity index is 283. The van der Waals surface area contributed by atoms with Gasteiger partial charge in [-0.1, -0.05) is 20.8 Å². The van der Waals surface area contributed by atoms with E-state index in [1.807, 2.05) is 20.8 Å². The largest absolute Gasteiger partial charge is 0.295 e. The second kappa shape index (κ2) is 4.07. The predicted octanol–water partition coefficient (Wildman–Crippen LogP) is 2.67. The molecule has 0 saturated carbocycles. The molecule has 0 atom stereocenters. The van der Waals surface area contributed by atoms with Crippen molar-refractivity contribution in [1.29, 1.82) is 0 Å². The second-order valence-electron chi connectivity index (χ2n) is 3.98. The first-order chi connectivity index (χ1) is 6.59. The van der Waals surface area contributed by atoms with Gasteiger partial charge in [-0.05, 0) is 30.9 Å². The SMILES string of the molecule is CCC1=CC(=O)CC(CC)(CC)C1=O. The lowest BCUT2D eigenvalue weighted by Crippen LogP contribution is -2.36. The minimum Gasteiger partial charge on any atom is -0.295 e. The highest BCUT2D eigenvalue weighted by molar-refractivity contribution is 6.11. The molecule has 14 heavy (non-hydrogen) atoms. The lowest BCUT2D eigenvalue weighted by molar-refractivity contribution is -0.132. The summed E-state index contributed by atoms with van der Waals surface area (Å²) in [6.07, 6.45) is 4.15. The number of hydrogen-bond donors (Lipinski definition) is 0. The van der Waals surface area contributed by atoms with Crippen LogP contribution in [0.3, 0.4) is 0 Å². The fraction of sp³-hybridized carbons (Fsp3) is 0.667. The zero-order valence-electron chi connectivity index (χ0n) is 9.22. The molecular formula is C12H18O2. The fourth-order valence-electron chi connectivity index (χ4n) is 2.15. The molecule has 1 aliphatic rings. The van der Waals surface area contributed by atoms with E-state index in [9.17, 15) is 9.59 Å². The molecule has 2 nitrogen and oxygen atoms in total. The van der Waals surface area contributed by atoms with E-state index >= 15 is 0 Å². The van der Waals surface area contributed by atoms with Gasteiger partial charge in [0.15, 0.2) is 11.6 Å². The standard InChI is InChI=1S/C12H18O2/c1-4-9-7-10(13)8-12(5-2,6-3)11(9)14/h7H,4-6,8H2,1-3H3. The van der Waals surface area contributed by atoms with Crippen LogP contribution in [0.5, 0.6) is 0 Å². The van der Waals surface area contributed by atoms with Crippen molar-refractivity contribution in [2.75, 3.05) is 0 Å². The summed E-state index contributed by atoms with van der Waals surface area (Å²) in [4.78, 5) is 23.5. The zero-order chi connectivity index (χ0) is 10.8. The molecule has 0 N–H and O–H groups in total. The molecule has 0 aromatic carbocycles. The first kappa shape index (κ1) is 11.2. The van der Waals surface area contributed by atoms with Crippen LogP contribution in [0.15, 0.2) is 11.6 Å². The van der Waals surface area contributed by atoms with Crippen LogP contribution < -0.4 is 0 Å². The summed E-state index contributed by atoms with van der Waals surface area (Å²) in [5, 5.41) is 0. The van der Waals surface area contributed by atoms with E-state index in [2.05, 4.69) is 0 Å². The van der Waals surface area contributed by atoms with Crippen molar-refractivity contribution < 1.29 is 9.59 Å². The number of ketones is 2. The van der Waals surface area contributed by atoms with Crippen molar-refractivity contribution in [3.05, 3.63) is 11.6 Å². The summed E-state index contributed by atoms with van der Waals surface area (Å²) < 4.78 is 0. The molecule has 1 rings (SSSR count). The van der Waals surface area contributed by atoms with Crippen molar-refractivity contribution in [3.63, 3.8) is 0 Å². The third-order valence-corrected chi connectivity index (χ3v) is 3.36. The molecule has 2 heteroatoms. The van der Waals surface area contributed by atoms with Crippen LogP contribution in [-0.4, -0.2) is 11.6 Å². The third kappa shape index (κ3) is 1.66. The Labute approximate surface area is 85.4 Å². The average Bonchev–Trinajstić information content (AvgIpc) is 2.21. The van der Waals surface area contributed by atoms with Crippen molar-refractivity contribution in [1.82, 2.24) is 0 Å². The molecule has 0 saturated heterocycles. The van der Waals surface area contributed by atoms with E-state index in [1.165, 1.54) is 6.08 Å². The van der Waals surface area contributed by atoms with Gasteiger partial charge in [-0.2, -0.15) is 0 Å². The van der Waals surface area contributed by atoms with Gasteiger partial charge in [-0.15, -0.1) is 0 Å². The normalized spacial score (nSPS) is 20.9. The number of rotatable bonds is 3. The zero-order valence-corrected chi connectivity index (χ0v) is 9.22. The lowest BCUT2D eigenvalue weighted by Gasteiger charge is -2.32. The molecule has 0 spiro atoms. The fourth-order valence-corrected chi connectivity index (χ4v) is 2.15. The highest BCUT2D eigenvalue weighted by atomic mass is 16.1. The van der Waals surface area contributed by atoms with E-state index in [4.69, 9.17) is 0 Å². The van der Waals surface area contributed by atoms with Gasteiger partial charge in [-0.3, -0.25) is 9.59 Å². The first-order valence-corrected chi connectivity index (χ1v) is 5.37. The van der Waals surface area contributed by atoms with Gasteiger partial charge in [0.05, 0.1) is 0 Å². The van der Waals surface area contributed by atoms with Gasteiger partial charge in [0.25, 0.3) is 0 Å². The Balaban J connectivity index is 3.09. The quantitative estimate of drug-likeness (QED) is 0.692. The summed E-state index contributed by atoms with van der Waals surface area (Å²) in [5.74, 6) is 0.315. The molecule has 0 heterocycles. The second-order valence-corrected chi connectivity index (χ2v) is 3.98. The maximum absolute atomic E-state index is 12.1. The monoisotopic (exact) mass is 194 g/mol. The Morgan fingerprint density at radius 3 is 2.21 bits per heavy atom. The van der Waals surface area contributed by atoms with E-state index in [1.54, 1.807) is 0 Å². The van der Waals surface area contributed by atoms with E-state index in [-0.39, 0.29) is 11.6 Å². The van der Waals surface area contributed by atoms with Gasteiger partial charge < -0.3 is 0 Å². The van der Waals surface area contributed by atoms with Crippen LogP contribution in [0.1, 0.15) is 46.5 Å². The summed E-state index contributed by atoms with van der Waals surface area (Å²) >= 11 is 0. The molecule has 1 aliphatic carbocycles. The Hall–Kier alpha value is -0.920. The number of allylic oxidation sites excluding steroid dienone is 2. The van der Waals surface area contributed by atoms with E-state index in [0.29, 0.717) is 18.4 Å². The minimum atomic E-state index is -0.392. The topological polar surface area (TPSA) is 34.1 Å². The van der Waals surface area contributed by atoms with Crippen molar-refractivity contribution in [3.8, 4) is 0 Å². The highest BCUT2D eigenvalue weighted by Gasteiger charge is 2.40. The van der Waals surface area contributed by atoms with Crippen LogP contribution >= 0.6 is 0 Å². The smallest absolute Gasteiger partial charge is 0.165 e. The number of hydrogen-bond acceptors (Lipinski definition) is 2.